The van der Waals surface area contributed by atoms with Crippen LogP contribution in [0.3, 0.4) is 0 Å². The predicted molar refractivity (Wildman–Crippen MR) is 81.8 cm³/mol. The molecular weight excluding hydrogens is 270 g/mol. The van der Waals surface area contributed by atoms with Gasteiger partial charge in [-0.3, -0.25) is 4.79 Å². The second kappa shape index (κ2) is 9.23. The Hall–Kier alpha value is -1.75. The van der Waals surface area contributed by atoms with E-state index in [1.807, 2.05) is 6.92 Å². The molecule has 1 aromatic carbocycles. The standard InChI is InChI=1S/C16H25NO4/c1-3-5-6-9-21-14-8-7-12(10-15(14)20-4-2)13(17)11-16(18)19/h7-8,10,13H,3-6,9,11,17H2,1-2H3,(H,18,19). The topological polar surface area (TPSA) is 81.8 Å². The molecular formula is C16H25NO4. The molecule has 3 N–H and O–H groups in total. The van der Waals surface area contributed by atoms with Gasteiger partial charge in [0, 0.05) is 6.04 Å². The first-order chi connectivity index (χ1) is 10.1. The van der Waals surface area contributed by atoms with Crippen LogP contribution in [0.25, 0.3) is 0 Å². The molecule has 5 nitrogen and oxygen atoms in total. The fourth-order valence-electron chi connectivity index (χ4n) is 1.98. The Morgan fingerprint density at radius 3 is 2.62 bits per heavy atom. The van der Waals surface area contributed by atoms with Crippen LogP contribution >= 0.6 is 0 Å². The van der Waals surface area contributed by atoms with E-state index in [9.17, 15) is 4.79 Å². The summed E-state index contributed by atoms with van der Waals surface area (Å²) in [5, 5.41) is 8.80. The highest BCUT2D eigenvalue weighted by Gasteiger charge is 2.14. The van der Waals surface area contributed by atoms with Gasteiger partial charge in [-0.15, -0.1) is 0 Å². The zero-order valence-electron chi connectivity index (χ0n) is 12.8. The Kier molecular flexibility index (Phi) is 7.61. The maximum atomic E-state index is 10.7. The molecule has 0 aliphatic rings. The smallest absolute Gasteiger partial charge is 0.305 e. The van der Waals surface area contributed by atoms with Gasteiger partial charge in [-0.1, -0.05) is 25.8 Å². The normalized spacial score (nSPS) is 12.0. The van der Waals surface area contributed by atoms with Gasteiger partial charge >= 0.3 is 5.97 Å². The number of nitrogens with two attached hydrogens (primary N) is 1. The monoisotopic (exact) mass is 295 g/mol. The third kappa shape index (κ3) is 6.04. The number of aliphatic carboxylic acids is 1. The molecule has 1 unspecified atom stereocenters. The van der Waals surface area contributed by atoms with Crippen LogP contribution in [0.2, 0.25) is 0 Å². The highest BCUT2D eigenvalue weighted by molar-refractivity contribution is 5.68. The van der Waals surface area contributed by atoms with E-state index in [4.69, 9.17) is 20.3 Å². The second-order valence-corrected chi connectivity index (χ2v) is 4.90. The van der Waals surface area contributed by atoms with Crippen LogP contribution < -0.4 is 15.2 Å². The molecule has 0 spiro atoms. The first kappa shape index (κ1) is 17.3. The number of benzene rings is 1. The lowest BCUT2D eigenvalue weighted by molar-refractivity contribution is -0.137. The molecule has 1 rings (SSSR count). The predicted octanol–water partition coefficient (Wildman–Crippen LogP) is 3.13. The average Bonchev–Trinajstić information content (AvgIpc) is 2.44. The zero-order chi connectivity index (χ0) is 15.7. The van der Waals surface area contributed by atoms with Crippen LogP contribution in [0, 0.1) is 0 Å². The zero-order valence-corrected chi connectivity index (χ0v) is 12.8. The first-order valence-corrected chi connectivity index (χ1v) is 7.45. The van der Waals surface area contributed by atoms with Crippen molar-refractivity contribution in [3.63, 3.8) is 0 Å². The Bertz CT molecular complexity index is 448. The van der Waals surface area contributed by atoms with Gasteiger partial charge in [-0.25, -0.2) is 0 Å². The third-order valence-electron chi connectivity index (χ3n) is 3.10. The number of hydrogen-bond donors (Lipinski definition) is 2. The van der Waals surface area contributed by atoms with Gasteiger partial charge in [0.1, 0.15) is 0 Å². The van der Waals surface area contributed by atoms with Crippen molar-refractivity contribution in [1.29, 1.82) is 0 Å². The number of unbranched alkanes of at least 4 members (excludes halogenated alkanes) is 2. The molecule has 1 atom stereocenters. The van der Waals surface area contributed by atoms with E-state index >= 15 is 0 Å². The van der Waals surface area contributed by atoms with Crippen molar-refractivity contribution in [3.8, 4) is 11.5 Å². The number of carboxylic acid groups (broad SMARTS) is 1. The summed E-state index contributed by atoms with van der Waals surface area (Å²) >= 11 is 0. The van der Waals surface area contributed by atoms with Crippen molar-refractivity contribution < 1.29 is 19.4 Å². The summed E-state index contributed by atoms with van der Waals surface area (Å²) in [6.07, 6.45) is 3.17. The van der Waals surface area contributed by atoms with E-state index in [0.717, 1.165) is 24.8 Å². The van der Waals surface area contributed by atoms with E-state index < -0.39 is 12.0 Å². The van der Waals surface area contributed by atoms with Crippen LogP contribution in [-0.2, 0) is 4.79 Å². The first-order valence-electron chi connectivity index (χ1n) is 7.45. The Labute approximate surface area is 126 Å². The summed E-state index contributed by atoms with van der Waals surface area (Å²) < 4.78 is 11.3. The minimum atomic E-state index is -0.916. The Morgan fingerprint density at radius 1 is 1.24 bits per heavy atom. The fraction of sp³-hybridized carbons (Fsp3) is 0.562. The Balaban J connectivity index is 2.77. The number of carboxylic acids is 1. The summed E-state index contributed by atoms with van der Waals surface area (Å²) in [7, 11) is 0. The van der Waals surface area contributed by atoms with Crippen molar-refractivity contribution in [1.82, 2.24) is 0 Å². The van der Waals surface area contributed by atoms with Crippen molar-refractivity contribution in [2.75, 3.05) is 13.2 Å². The molecule has 5 heteroatoms. The van der Waals surface area contributed by atoms with Crippen molar-refractivity contribution in [2.45, 2.75) is 45.6 Å². The van der Waals surface area contributed by atoms with E-state index in [1.165, 1.54) is 0 Å². The largest absolute Gasteiger partial charge is 0.490 e. The lowest BCUT2D eigenvalue weighted by Crippen LogP contribution is -2.15. The third-order valence-corrected chi connectivity index (χ3v) is 3.10. The Morgan fingerprint density at radius 2 is 2.00 bits per heavy atom. The lowest BCUT2D eigenvalue weighted by atomic mass is 10.0. The molecule has 0 saturated heterocycles. The van der Waals surface area contributed by atoms with Gasteiger partial charge < -0.3 is 20.3 Å². The quantitative estimate of drug-likeness (QED) is 0.648. The van der Waals surface area contributed by atoms with Gasteiger partial charge in [0.15, 0.2) is 11.5 Å². The minimum Gasteiger partial charge on any atom is -0.490 e. The molecule has 0 radical (unpaired) electrons. The number of rotatable bonds is 10. The molecule has 0 fully saturated rings. The van der Waals surface area contributed by atoms with Gasteiger partial charge in [0.05, 0.1) is 19.6 Å². The van der Waals surface area contributed by atoms with E-state index in [0.29, 0.717) is 24.7 Å². The summed E-state index contributed by atoms with van der Waals surface area (Å²) in [5.74, 6) is 0.381. The van der Waals surface area contributed by atoms with Gasteiger partial charge in [0.25, 0.3) is 0 Å². The van der Waals surface area contributed by atoms with E-state index in [-0.39, 0.29) is 6.42 Å². The minimum absolute atomic E-state index is 0.109. The summed E-state index contributed by atoms with van der Waals surface area (Å²) in [6.45, 7) is 5.20. The van der Waals surface area contributed by atoms with Gasteiger partial charge in [0.2, 0.25) is 0 Å². The van der Waals surface area contributed by atoms with Gasteiger partial charge in [-0.05, 0) is 31.0 Å². The maximum absolute atomic E-state index is 10.7. The molecule has 0 aliphatic carbocycles. The fourth-order valence-corrected chi connectivity index (χ4v) is 1.98. The van der Waals surface area contributed by atoms with Crippen LogP contribution in [0.4, 0.5) is 0 Å². The second-order valence-electron chi connectivity index (χ2n) is 4.90. The van der Waals surface area contributed by atoms with E-state index in [1.54, 1.807) is 18.2 Å². The SMILES string of the molecule is CCCCCOc1ccc(C(N)CC(=O)O)cc1OCC. The molecule has 0 amide bonds. The molecule has 0 aromatic heterocycles. The van der Waals surface area contributed by atoms with Crippen molar-refractivity contribution >= 4 is 5.97 Å². The molecule has 118 valence electrons. The highest BCUT2D eigenvalue weighted by atomic mass is 16.5. The van der Waals surface area contributed by atoms with Crippen molar-refractivity contribution in [3.05, 3.63) is 23.8 Å². The molecule has 0 saturated carbocycles. The highest BCUT2D eigenvalue weighted by Crippen LogP contribution is 2.31. The summed E-state index contributed by atoms with van der Waals surface area (Å²) in [6, 6.07) is 4.82. The average molecular weight is 295 g/mol. The van der Waals surface area contributed by atoms with Gasteiger partial charge in [-0.2, -0.15) is 0 Å². The summed E-state index contributed by atoms with van der Waals surface area (Å²) in [4.78, 5) is 10.7. The molecule has 0 aliphatic heterocycles. The van der Waals surface area contributed by atoms with Crippen LogP contribution in [0.5, 0.6) is 11.5 Å². The lowest BCUT2D eigenvalue weighted by Gasteiger charge is -2.15. The molecule has 0 bridgehead atoms. The maximum Gasteiger partial charge on any atom is 0.305 e. The molecule has 0 heterocycles. The van der Waals surface area contributed by atoms with Crippen LogP contribution in [0.1, 0.15) is 51.1 Å². The number of carbonyl (C=O) groups is 1. The summed E-state index contributed by atoms with van der Waals surface area (Å²) in [5.41, 5.74) is 6.61. The molecule has 1 aromatic rings. The van der Waals surface area contributed by atoms with E-state index in [2.05, 4.69) is 6.92 Å². The number of ether oxygens (including phenoxy) is 2. The molecule has 21 heavy (non-hydrogen) atoms. The van der Waals surface area contributed by atoms with Crippen molar-refractivity contribution in [2.24, 2.45) is 5.73 Å². The number of hydrogen-bond acceptors (Lipinski definition) is 4. The van der Waals surface area contributed by atoms with Crippen LogP contribution in [0.15, 0.2) is 18.2 Å². The van der Waals surface area contributed by atoms with Crippen LogP contribution in [-0.4, -0.2) is 24.3 Å².